The molecule has 66 heavy (non-hydrogen) atoms. The molecule has 4 atom stereocenters. The van der Waals surface area contributed by atoms with Crippen molar-refractivity contribution in [1.82, 2.24) is 5.32 Å². The first-order valence-corrected chi connectivity index (χ1v) is 29.4. The van der Waals surface area contributed by atoms with Crippen LogP contribution in [0.15, 0.2) is 36.5 Å². The summed E-state index contributed by atoms with van der Waals surface area (Å²) in [5, 5.41) is 43.7. The van der Waals surface area contributed by atoms with Crippen LogP contribution in [0.3, 0.4) is 0 Å². The lowest BCUT2D eigenvalue weighted by Crippen LogP contribution is -2.53. The lowest BCUT2D eigenvalue weighted by Gasteiger charge is -2.27. The van der Waals surface area contributed by atoms with Crippen molar-refractivity contribution >= 4 is 5.91 Å². The van der Waals surface area contributed by atoms with Crippen LogP contribution in [0.4, 0.5) is 0 Å². The zero-order valence-electron chi connectivity index (χ0n) is 44.2. The van der Waals surface area contributed by atoms with Crippen molar-refractivity contribution in [1.29, 1.82) is 0 Å². The first-order chi connectivity index (χ1) is 32.5. The van der Waals surface area contributed by atoms with Gasteiger partial charge in [0.2, 0.25) is 5.91 Å². The molecule has 0 radical (unpaired) electrons. The van der Waals surface area contributed by atoms with Crippen LogP contribution in [0.2, 0.25) is 0 Å². The normalized spacial score (nSPS) is 14.0. The summed E-state index contributed by atoms with van der Waals surface area (Å²) in [6.45, 7) is 4.02. The molecule has 0 saturated heterocycles. The van der Waals surface area contributed by atoms with Gasteiger partial charge in [-0.25, -0.2) is 0 Å². The molecule has 4 unspecified atom stereocenters. The third-order valence-electron chi connectivity index (χ3n) is 13.8. The second kappa shape index (κ2) is 54.5. The van der Waals surface area contributed by atoms with E-state index in [1.165, 1.54) is 231 Å². The highest BCUT2D eigenvalue weighted by atomic mass is 16.3. The van der Waals surface area contributed by atoms with Gasteiger partial charge in [-0.3, -0.25) is 4.79 Å². The third kappa shape index (κ3) is 47.6. The van der Waals surface area contributed by atoms with E-state index in [0.717, 1.165) is 44.9 Å². The van der Waals surface area contributed by atoms with Crippen LogP contribution in [0.25, 0.3) is 0 Å². The van der Waals surface area contributed by atoms with E-state index in [-0.39, 0.29) is 0 Å². The minimum atomic E-state index is -1.29. The van der Waals surface area contributed by atoms with E-state index in [1.807, 2.05) is 0 Å². The Morgan fingerprint density at radius 1 is 0.364 bits per heavy atom. The molecule has 0 rings (SSSR count). The number of rotatable bonds is 54. The summed E-state index contributed by atoms with van der Waals surface area (Å²) in [5.41, 5.74) is 0. The van der Waals surface area contributed by atoms with Gasteiger partial charge in [-0.05, 0) is 77.0 Å². The van der Waals surface area contributed by atoms with E-state index in [4.69, 9.17) is 0 Å². The van der Waals surface area contributed by atoms with Crippen molar-refractivity contribution in [3.05, 3.63) is 36.5 Å². The summed E-state index contributed by atoms with van der Waals surface area (Å²) in [6, 6.07) is -1.01. The van der Waals surface area contributed by atoms with E-state index < -0.39 is 36.9 Å². The van der Waals surface area contributed by atoms with Crippen LogP contribution in [-0.2, 0) is 4.79 Å². The van der Waals surface area contributed by atoms with Crippen LogP contribution in [0.1, 0.15) is 309 Å². The molecule has 5 N–H and O–H groups in total. The molecular formula is C60H115NO5. The zero-order valence-corrected chi connectivity index (χ0v) is 44.2. The molecule has 0 aromatic rings. The van der Waals surface area contributed by atoms with Gasteiger partial charge in [-0.2, -0.15) is 0 Å². The average Bonchev–Trinajstić information content (AvgIpc) is 3.32. The van der Waals surface area contributed by atoms with Gasteiger partial charge in [-0.15, -0.1) is 0 Å². The number of hydrogen-bond acceptors (Lipinski definition) is 5. The number of nitrogens with one attached hydrogen (secondary N) is 1. The average molecular weight is 931 g/mol. The molecule has 0 bridgehead atoms. The second-order valence-electron chi connectivity index (χ2n) is 20.3. The molecule has 390 valence electrons. The molecule has 0 aliphatic carbocycles. The topological polar surface area (TPSA) is 110 Å². The zero-order chi connectivity index (χ0) is 48.1. The fourth-order valence-corrected chi connectivity index (χ4v) is 9.18. The Kier molecular flexibility index (Phi) is 53.3. The van der Waals surface area contributed by atoms with Crippen molar-refractivity contribution in [3.63, 3.8) is 0 Å². The van der Waals surface area contributed by atoms with Crippen LogP contribution in [0.5, 0.6) is 0 Å². The summed E-state index contributed by atoms with van der Waals surface area (Å²) in [4.78, 5) is 12.6. The lowest BCUT2D eigenvalue weighted by atomic mass is 10.00. The lowest BCUT2D eigenvalue weighted by molar-refractivity contribution is -0.132. The van der Waals surface area contributed by atoms with Crippen molar-refractivity contribution in [2.24, 2.45) is 0 Å². The second-order valence-corrected chi connectivity index (χ2v) is 20.3. The highest BCUT2D eigenvalue weighted by Gasteiger charge is 2.28. The van der Waals surface area contributed by atoms with Gasteiger partial charge in [0, 0.05) is 0 Å². The fourth-order valence-electron chi connectivity index (χ4n) is 9.18. The molecule has 0 spiro atoms. The number of carbonyl (C=O) groups excluding carboxylic acids is 1. The van der Waals surface area contributed by atoms with E-state index in [2.05, 4.69) is 55.6 Å². The Morgan fingerprint density at radius 3 is 0.985 bits per heavy atom. The third-order valence-corrected chi connectivity index (χ3v) is 13.8. The molecule has 0 fully saturated rings. The Labute approximate surface area is 411 Å². The summed E-state index contributed by atoms with van der Waals surface area (Å²) >= 11 is 0. The monoisotopic (exact) mass is 930 g/mol. The first-order valence-electron chi connectivity index (χ1n) is 29.4. The summed E-state index contributed by atoms with van der Waals surface area (Å²) < 4.78 is 0. The van der Waals surface area contributed by atoms with Crippen molar-refractivity contribution in [3.8, 4) is 0 Å². The Morgan fingerprint density at radius 2 is 0.636 bits per heavy atom. The molecule has 6 heteroatoms. The van der Waals surface area contributed by atoms with E-state index >= 15 is 0 Å². The molecule has 6 nitrogen and oxygen atoms in total. The minimum absolute atomic E-state index is 0.362. The van der Waals surface area contributed by atoms with Crippen molar-refractivity contribution < 1.29 is 25.2 Å². The number of aliphatic hydroxyl groups is 4. The number of carbonyl (C=O) groups is 1. The minimum Gasteiger partial charge on any atom is -0.394 e. The summed E-state index contributed by atoms with van der Waals surface area (Å²) in [5.74, 6) is -0.596. The maximum atomic E-state index is 12.6. The van der Waals surface area contributed by atoms with Crippen molar-refractivity contribution in [2.75, 3.05) is 6.61 Å². The maximum Gasteiger partial charge on any atom is 0.249 e. The number of amides is 1. The van der Waals surface area contributed by atoms with Gasteiger partial charge in [0.1, 0.15) is 12.2 Å². The van der Waals surface area contributed by atoms with E-state index in [1.54, 1.807) is 0 Å². The van der Waals surface area contributed by atoms with Gasteiger partial charge in [0.15, 0.2) is 0 Å². The predicted octanol–water partition coefficient (Wildman–Crippen LogP) is 17.2. The van der Waals surface area contributed by atoms with Gasteiger partial charge < -0.3 is 25.7 Å². The van der Waals surface area contributed by atoms with Gasteiger partial charge in [0.25, 0.3) is 0 Å². The SMILES string of the molecule is CCCCC/C=C/CC/C=C/CCCC(O)C(O)C(CO)NC(=O)C(O)CCCCCCCCCCCCCCCCCC/C=C\CCCCCCCCCCCCCCCCCCCC. The maximum absolute atomic E-state index is 12.6. The molecule has 0 aromatic heterocycles. The smallest absolute Gasteiger partial charge is 0.249 e. The number of aliphatic hydroxyl groups excluding tert-OH is 4. The van der Waals surface area contributed by atoms with Crippen LogP contribution >= 0.6 is 0 Å². The molecule has 0 aromatic carbocycles. The number of hydrogen-bond donors (Lipinski definition) is 5. The van der Waals surface area contributed by atoms with Gasteiger partial charge in [-0.1, -0.05) is 269 Å². The summed E-state index contributed by atoms with van der Waals surface area (Å²) in [7, 11) is 0. The van der Waals surface area contributed by atoms with E-state index in [9.17, 15) is 25.2 Å². The molecule has 0 aliphatic rings. The predicted molar refractivity (Wildman–Crippen MR) is 288 cm³/mol. The van der Waals surface area contributed by atoms with Crippen LogP contribution < -0.4 is 5.32 Å². The van der Waals surface area contributed by atoms with Crippen molar-refractivity contribution in [2.45, 2.75) is 334 Å². The molecular weight excluding hydrogens is 815 g/mol. The Balaban J connectivity index is 3.51. The molecule has 1 amide bonds. The first kappa shape index (κ1) is 64.5. The fraction of sp³-hybridized carbons (Fsp3) is 0.883. The highest BCUT2D eigenvalue weighted by molar-refractivity contribution is 5.80. The molecule has 0 saturated carbocycles. The van der Waals surface area contributed by atoms with Gasteiger partial charge >= 0.3 is 0 Å². The van der Waals surface area contributed by atoms with Crippen LogP contribution in [0, 0.1) is 0 Å². The molecule has 0 aliphatic heterocycles. The Bertz CT molecular complexity index is 1040. The Hall–Kier alpha value is -1.47. The van der Waals surface area contributed by atoms with Crippen LogP contribution in [-0.4, -0.2) is 57.3 Å². The molecule has 0 heterocycles. The number of unbranched alkanes of at least 4 members (excludes halogenated alkanes) is 39. The highest BCUT2D eigenvalue weighted by Crippen LogP contribution is 2.18. The van der Waals surface area contributed by atoms with E-state index in [0.29, 0.717) is 19.3 Å². The largest absolute Gasteiger partial charge is 0.394 e. The number of allylic oxidation sites excluding steroid dienone is 6. The quantitative estimate of drug-likeness (QED) is 0.0308. The van der Waals surface area contributed by atoms with Gasteiger partial charge in [0.05, 0.1) is 18.8 Å². The standard InChI is InChI=1S/C60H115NO5/c1-3-5-7-9-11-13-15-17-18-19-20-21-22-23-24-25-26-27-28-29-30-31-32-33-34-35-36-37-38-39-40-41-42-44-46-48-50-52-54-58(64)60(66)61-56(55-62)59(65)57(63)53-51-49-47-45-43-16-14-12-10-8-6-4-2/h12,14,29-30,45,47,56-59,62-65H,3-11,13,15-28,31-44,46,48-55H2,1-2H3,(H,61,66)/b14-12+,30-29-,47-45+. The summed E-state index contributed by atoms with van der Waals surface area (Å²) in [6.07, 6.45) is 68.3.